The van der Waals surface area contributed by atoms with Crippen LogP contribution in [-0.2, 0) is 6.42 Å². The number of nitrogens with two attached hydrogens (primary N) is 1. The highest BCUT2D eigenvalue weighted by atomic mass is 16.1. The molecular weight excluding hydrogens is 188 g/mol. The van der Waals surface area contributed by atoms with Gasteiger partial charge in [-0.2, -0.15) is 0 Å². The molecule has 0 aliphatic rings. The van der Waals surface area contributed by atoms with E-state index in [2.05, 4.69) is 11.2 Å². The van der Waals surface area contributed by atoms with Crippen LogP contribution >= 0.6 is 0 Å². The molecule has 0 spiro atoms. The van der Waals surface area contributed by atoms with Crippen molar-refractivity contribution in [3.63, 3.8) is 0 Å². The molecule has 3 heteroatoms. The highest BCUT2D eigenvalue weighted by Gasteiger charge is 2.08. The Hall–Kier alpha value is -1.79. The molecule has 0 aliphatic carbocycles. The van der Waals surface area contributed by atoms with Crippen LogP contribution in [0.2, 0.25) is 0 Å². The van der Waals surface area contributed by atoms with E-state index in [-0.39, 0.29) is 12.5 Å². The van der Waals surface area contributed by atoms with E-state index < -0.39 is 0 Å². The number of amides is 1. The molecule has 1 amide bonds. The first-order valence-electron chi connectivity index (χ1n) is 4.79. The highest BCUT2D eigenvalue weighted by Crippen LogP contribution is 2.08. The Bertz CT molecular complexity index is 379. The number of carbonyl (C=O) groups is 1. The van der Waals surface area contributed by atoms with Crippen molar-refractivity contribution < 1.29 is 4.79 Å². The van der Waals surface area contributed by atoms with Gasteiger partial charge in [-0.1, -0.05) is 24.1 Å². The van der Waals surface area contributed by atoms with E-state index in [1.54, 1.807) is 6.07 Å². The molecule has 0 radical (unpaired) electrons. The van der Waals surface area contributed by atoms with Crippen LogP contribution in [0.1, 0.15) is 15.9 Å². The van der Waals surface area contributed by atoms with Gasteiger partial charge in [-0.15, -0.1) is 6.42 Å². The topological polar surface area (TPSA) is 55.1 Å². The van der Waals surface area contributed by atoms with Crippen molar-refractivity contribution >= 4 is 5.91 Å². The third kappa shape index (κ3) is 3.12. The quantitative estimate of drug-likeness (QED) is 0.701. The molecule has 15 heavy (non-hydrogen) atoms. The molecule has 0 aromatic heterocycles. The second-order valence-electron chi connectivity index (χ2n) is 3.08. The van der Waals surface area contributed by atoms with Crippen molar-refractivity contribution in [2.24, 2.45) is 5.73 Å². The lowest BCUT2D eigenvalue weighted by molar-refractivity contribution is 0.0958. The summed E-state index contributed by atoms with van der Waals surface area (Å²) >= 11 is 0. The van der Waals surface area contributed by atoms with Crippen LogP contribution in [-0.4, -0.2) is 19.0 Å². The maximum Gasteiger partial charge on any atom is 0.252 e. The average molecular weight is 202 g/mol. The summed E-state index contributed by atoms with van der Waals surface area (Å²) in [7, 11) is 0. The Morgan fingerprint density at radius 2 is 2.20 bits per heavy atom. The zero-order valence-electron chi connectivity index (χ0n) is 8.49. The summed E-state index contributed by atoms with van der Waals surface area (Å²) in [6.07, 6.45) is 5.76. The molecule has 1 aromatic carbocycles. The average Bonchev–Trinajstić information content (AvgIpc) is 2.27. The fraction of sp³-hybridized carbons (Fsp3) is 0.250. The van der Waals surface area contributed by atoms with Crippen LogP contribution in [0, 0.1) is 12.3 Å². The summed E-state index contributed by atoms with van der Waals surface area (Å²) < 4.78 is 0. The Morgan fingerprint density at radius 3 is 2.87 bits per heavy atom. The third-order valence-electron chi connectivity index (χ3n) is 2.03. The minimum absolute atomic E-state index is 0.142. The molecule has 0 saturated heterocycles. The first-order valence-corrected chi connectivity index (χ1v) is 4.79. The molecule has 1 aromatic rings. The van der Waals surface area contributed by atoms with E-state index in [4.69, 9.17) is 12.2 Å². The minimum atomic E-state index is -0.142. The number of rotatable bonds is 4. The highest BCUT2D eigenvalue weighted by molar-refractivity contribution is 5.95. The summed E-state index contributed by atoms with van der Waals surface area (Å²) in [4.78, 5) is 11.7. The summed E-state index contributed by atoms with van der Waals surface area (Å²) in [5.41, 5.74) is 7.07. The molecule has 0 heterocycles. The Balaban J connectivity index is 2.83. The van der Waals surface area contributed by atoms with E-state index >= 15 is 0 Å². The molecule has 3 N–H and O–H groups in total. The van der Waals surface area contributed by atoms with Crippen LogP contribution in [0.5, 0.6) is 0 Å². The van der Waals surface area contributed by atoms with Gasteiger partial charge < -0.3 is 11.1 Å². The van der Waals surface area contributed by atoms with E-state index in [9.17, 15) is 4.79 Å². The van der Waals surface area contributed by atoms with Gasteiger partial charge in [0.1, 0.15) is 0 Å². The largest absolute Gasteiger partial charge is 0.341 e. The summed E-state index contributed by atoms with van der Waals surface area (Å²) in [6, 6.07) is 7.39. The van der Waals surface area contributed by atoms with Gasteiger partial charge in [0.2, 0.25) is 0 Å². The van der Waals surface area contributed by atoms with Crippen molar-refractivity contribution in [3.8, 4) is 12.3 Å². The van der Waals surface area contributed by atoms with Crippen LogP contribution < -0.4 is 11.1 Å². The molecule has 0 aliphatic heterocycles. The van der Waals surface area contributed by atoms with Crippen molar-refractivity contribution in [1.82, 2.24) is 5.32 Å². The predicted octanol–water partition coefficient (Wildman–Crippen LogP) is 0.551. The smallest absolute Gasteiger partial charge is 0.252 e. The Labute approximate surface area is 89.7 Å². The second kappa shape index (κ2) is 5.84. The van der Waals surface area contributed by atoms with Crippen LogP contribution in [0.25, 0.3) is 0 Å². The minimum Gasteiger partial charge on any atom is -0.341 e. The molecule has 78 valence electrons. The van der Waals surface area contributed by atoms with Gasteiger partial charge in [-0.25, -0.2) is 0 Å². The number of terminal acetylenes is 1. The molecular formula is C12H14N2O. The van der Waals surface area contributed by atoms with Crippen molar-refractivity contribution in [3.05, 3.63) is 35.4 Å². The van der Waals surface area contributed by atoms with Crippen LogP contribution in [0.4, 0.5) is 0 Å². The first kappa shape index (κ1) is 11.3. The molecule has 1 rings (SSSR count). The number of hydrogen-bond donors (Lipinski definition) is 2. The van der Waals surface area contributed by atoms with Crippen LogP contribution in [0.3, 0.4) is 0 Å². The first-order chi connectivity index (χ1) is 7.29. The van der Waals surface area contributed by atoms with Crippen molar-refractivity contribution in [2.75, 3.05) is 13.1 Å². The lowest BCUT2D eigenvalue weighted by Gasteiger charge is -2.07. The van der Waals surface area contributed by atoms with Gasteiger partial charge >= 0.3 is 0 Å². The van der Waals surface area contributed by atoms with Gasteiger partial charge in [0.25, 0.3) is 5.91 Å². The molecule has 0 fully saturated rings. The zero-order chi connectivity index (χ0) is 11.1. The Kier molecular flexibility index (Phi) is 4.39. The SMILES string of the molecule is C#CCNC(=O)c1ccccc1CCN. The molecule has 3 nitrogen and oxygen atoms in total. The van der Waals surface area contributed by atoms with Gasteiger partial charge in [-0.05, 0) is 24.6 Å². The van der Waals surface area contributed by atoms with Gasteiger partial charge in [-0.3, -0.25) is 4.79 Å². The third-order valence-corrected chi connectivity index (χ3v) is 2.03. The summed E-state index contributed by atoms with van der Waals surface area (Å²) in [5, 5.41) is 2.63. The van der Waals surface area contributed by atoms with E-state index in [1.165, 1.54) is 0 Å². The lowest BCUT2D eigenvalue weighted by atomic mass is 10.0. The lowest BCUT2D eigenvalue weighted by Crippen LogP contribution is -2.25. The summed E-state index contributed by atoms with van der Waals surface area (Å²) in [5.74, 6) is 2.22. The zero-order valence-corrected chi connectivity index (χ0v) is 8.49. The number of hydrogen-bond acceptors (Lipinski definition) is 2. The number of carbonyl (C=O) groups excluding carboxylic acids is 1. The van der Waals surface area contributed by atoms with Gasteiger partial charge in [0.15, 0.2) is 0 Å². The van der Waals surface area contributed by atoms with E-state index in [0.29, 0.717) is 18.5 Å². The Morgan fingerprint density at radius 1 is 1.47 bits per heavy atom. The second-order valence-corrected chi connectivity index (χ2v) is 3.08. The molecule has 0 atom stereocenters. The number of nitrogens with one attached hydrogen (secondary N) is 1. The maximum absolute atomic E-state index is 11.7. The molecule has 0 unspecified atom stereocenters. The van der Waals surface area contributed by atoms with Gasteiger partial charge in [0.05, 0.1) is 6.54 Å². The standard InChI is InChI=1S/C12H14N2O/c1-2-9-14-12(15)11-6-4-3-5-10(11)7-8-13/h1,3-6H,7-9,13H2,(H,14,15). The monoisotopic (exact) mass is 202 g/mol. The van der Waals surface area contributed by atoms with Gasteiger partial charge in [0, 0.05) is 5.56 Å². The maximum atomic E-state index is 11.7. The molecule has 0 saturated carbocycles. The summed E-state index contributed by atoms with van der Waals surface area (Å²) in [6.45, 7) is 0.773. The fourth-order valence-corrected chi connectivity index (χ4v) is 1.34. The number of benzene rings is 1. The van der Waals surface area contributed by atoms with Crippen LogP contribution in [0.15, 0.2) is 24.3 Å². The predicted molar refractivity (Wildman–Crippen MR) is 60.4 cm³/mol. The van der Waals surface area contributed by atoms with Crippen molar-refractivity contribution in [2.45, 2.75) is 6.42 Å². The fourth-order valence-electron chi connectivity index (χ4n) is 1.34. The van der Waals surface area contributed by atoms with E-state index in [1.807, 2.05) is 18.2 Å². The normalized spacial score (nSPS) is 9.33. The van der Waals surface area contributed by atoms with E-state index in [0.717, 1.165) is 5.56 Å². The molecule has 0 bridgehead atoms. The van der Waals surface area contributed by atoms with Crippen molar-refractivity contribution in [1.29, 1.82) is 0 Å².